The fraction of sp³-hybridized carbons (Fsp3) is 0.500. The van der Waals surface area contributed by atoms with E-state index in [1.54, 1.807) is 24.3 Å². The molecule has 8 heteroatoms. The number of amides is 1. The Morgan fingerprint density at radius 3 is 2.73 bits per heavy atom. The molecular weight excluding hydrogens is 336 g/mol. The van der Waals surface area contributed by atoms with E-state index < -0.39 is 5.69 Å². The summed E-state index contributed by atoms with van der Waals surface area (Å²) in [6.07, 6.45) is 0.715. The summed E-state index contributed by atoms with van der Waals surface area (Å²) in [5.74, 6) is -0.0662. The standard InChI is InChI=1S/C18H24N4O4/c23-16(19-7-9-21-10-12-26-13-11-21)6-3-8-22-17(24)14-4-1-2-5-15(14)20-18(22)25/h1-2,4-5H,3,6-13H2,(H,19,23)(H,20,25). The van der Waals surface area contributed by atoms with E-state index >= 15 is 0 Å². The van der Waals surface area contributed by atoms with Gasteiger partial charge in [0.25, 0.3) is 5.56 Å². The third kappa shape index (κ3) is 4.59. The SMILES string of the molecule is O=C(CCCn1c(=O)[nH]c2ccccc2c1=O)NCCN1CCOCC1. The Morgan fingerprint density at radius 1 is 1.15 bits per heavy atom. The lowest BCUT2D eigenvalue weighted by atomic mass is 10.2. The minimum atomic E-state index is -0.443. The minimum Gasteiger partial charge on any atom is -0.379 e. The van der Waals surface area contributed by atoms with Crippen molar-refractivity contribution in [3.63, 3.8) is 0 Å². The highest BCUT2D eigenvalue weighted by Crippen LogP contribution is 2.03. The van der Waals surface area contributed by atoms with Crippen LogP contribution in [-0.4, -0.2) is 59.8 Å². The lowest BCUT2D eigenvalue weighted by molar-refractivity contribution is -0.121. The number of carbonyl (C=O) groups is 1. The normalized spacial score (nSPS) is 15.2. The lowest BCUT2D eigenvalue weighted by Crippen LogP contribution is -2.41. The predicted molar refractivity (Wildman–Crippen MR) is 98.3 cm³/mol. The molecule has 2 heterocycles. The molecule has 0 saturated carbocycles. The first-order valence-corrected chi connectivity index (χ1v) is 8.94. The molecule has 8 nitrogen and oxygen atoms in total. The molecule has 1 aliphatic heterocycles. The molecule has 1 fully saturated rings. The Labute approximate surface area is 150 Å². The molecule has 1 aliphatic rings. The first-order chi connectivity index (χ1) is 12.6. The molecule has 1 saturated heterocycles. The lowest BCUT2D eigenvalue weighted by Gasteiger charge is -2.26. The Bertz CT molecular complexity index is 867. The maximum atomic E-state index is 12.4. The van der Waals surface area contributed by atoms with Crippen LogP contribution >= 0.6 is 0 Å². The van der Waals surface area contributed by atoms with Crippen molar-refractivity contribution in [1.29, 1.82) is 0 Å². The summed E-state index contributed by atoms with van der Waals surface area (Å²) in [6, 6.07) is 6.91. The molecule has 0 spiro atoms. The number of hydrogen-bond donors (Lipinski definition) is 2. The summed E-state index contributed by atoms with van der Waals surface area (Å²) < 4.78 is 6.44. The van der Waals surface area contributed by atoms with E-state index in [1.807, 2.05) is 0 Å². The smallest absolute Gasteiger partial charge is 0.328 e. The number of benzene rings is 1. The number of hydrogen-bond acceptors (Lipinski definition) is 5. The van der Waals surface area contributed by atoms with Crippen molar-refractivity contribution >= 4 is 16.8 Å². The number of carbonyl (C=O) groups excluding carboxylic acids is 1. The number of morpholine rings is 1. The van der Waals surface area contributed by atoms with Gasteiger partial charge in [0.2, 0.25) is 5.91 Å². The van der Waals surface area contributed by atoms with Crippen LogP contribution in [0.15, 0.2) is 33.9 Å². The number of rotatable bonds is 7. The van der Waals surface area contributed by atoms with Gasteiger partial charge in [0, 0.05) is 39.1 Å². The molecule has 0 bridgehead atoms. The second kappa shape index (κ2) is 8.77. The van der Waals surface area contributed by atoms with Crippen molar-refractivity contribution in [2.75, 3.05) is 39.4 Å². The molecule has 2 N–H and O–H groups in total. The fourth-order valence-corrected chi connectivity index (χ4v) is 3.07. The number of fused-ring (bicyclic) bond motifs is 1. The Morgan fingerprint density at radius 2 is 1.92 bits per heavy atom. The van der Waals surface area contributed by atoms with Crippen molar-refractivity contribution < 1.29 is 9.53 Å². The first-order valence-electron chi connectivity index (χ1n) is 8.94. The average molecular weight is 360 g/mol. The largest absolute Gasteiger partial charge is 0.379 e. The molecule has 1 aromatic carbocycles. The zero-order valence-corrected chi connectivity index (χ0v) is 14.7. The number of para-hydroxylation sites is 1. The maximum Gasteiger partial charge on any atom is 0.328 e. The van der Waals surface area contributed by atoms with Gasteiger partial charge in [-0.1, -0.05) is 12.1 Å². The van der Waals surface area contributed by atoms with E-state index in [9.17, 15) is 14.4 Å². The zero-order valence-electron chi connectivity index (χ0n) is 14.7. The summed E-state index contributed by atoms with van der Waals surface area (Å²) in [5.41, 5.74) is -0.238. The van der Waals surface area contributed by atoms with Crippen molar-refractivity contribution in [2.24, 2.45) is 0 Å². The first kappa shape index (κ1) is 18.3. The third-order valence-electron chi connectivity index (χ3n) is 4.53. The molecule has 0 atom stereocenters. The van der Waals surface area contributed by atoms with Crippen LogP contribution < -0.4 is 16.6 Å². The van der Waals surface area contributed by atoms with Crippen LogP contribution in [0.1, 0.15) is 12.8 Å². The van der Waals surface area contributed by atoms with Crippen LogP contribution in [0.5, 0.6) is 0 Å². The van der Waals surface area contributed by atoms with Gasteiger partial charge in [-0.3, -0.25) is 19.1 Å². The van der Waals surface area contributed by atoms with Crippen LogP contribution in [0.2, 0.25) is 0 Å². The topological polar surface area (TPSA) is 96.4 Å². The van der Waals surface area contributed by atoms with Crippen molar-refractivity contribution in [2.45, 2.75) is 19.4 Å². The Hall–Kier alpha value is -2.45. The molecule has 26 heavy (non-hydrogen) atoms. The molecule has 1 aromatic heterocycles. The zero-order chi connectivity index (χ0) is 18.4. The van der Waals surface area contributed by atoms with E-state index in [2.05, 4.69) is 15.2 Å². The summed E-state index contributed by atoms with van der Waals surface area (Å²) in [7, 11) is 0. The Kier molecular flexibility index (Phi) is 6.19. The third-order valence-corrected chi connectivity index (χ3v) is 4.53. The number of H-pyrrole nitrogens is 1. The quantitative estimate of drug-likeness (QED) is 0.720. The Balaban J connectivity index is 1.47. The minimum absolute atomic E-state index is 0.0662. The van der Waals surface area contributed by atoms with Crippen LogP contribution in [0.3, 0.4) is 0 Å². The molecule has 140 valence electrons. The number of nitrogens with zero attached hydrogens (tertiary/aromatic N) is 2. The van der Waals surface area contributed by atoms with Crippen molar-refractivity contribution in [3.05, 3.63) is 45.1 Å². The van der Waals surface area contributed by atoms with E-state index in [4.69, 9.17) is 4.74 Å². The molecule has 1 amide bonds. The molecule has 2 aromatic rings. The van der Waals surface area contributed by atoms with Gasteiger partial charge in [-0.15, -0.1) is 0 Å². The van der Waals surface area contributed by atoms with Gasteiger partial charge >= 0.3 is 5.69 Å². The summed E-state index contributed by atoms with van der Waals surface area (Å²) >= 11 is 0. The van der Waals surface area contributed by atoms with Crippen LogP contribution in [0, 0.1) is 0 Å². The number of aromatic nitrogens is 2. The van der Waals surface area contributed by atoms with E-state index in [0.29, 0.717) is 23.9 Å². The summed E-state index contributed by atoms with van der Waals surface area (Å²) in [4.78, 5) is 41.3. The fourth-order valence-electron chi connectivity index (χ4n) is 3.07. The van der Waals surface area contributed by atoms with Gasteiger partial charge in [-0.2, -0.15) is 0 Å². The second-order valence-corrected chi connectivity index (χ2v) is 6.34. The highest BCUT2D eigenvalue weighted by Gasteiger charge is 2.11. The molecular formula is C18H24N4O4. The number of nitrogens with one attached hydrogen (secondary N) is 2. The van der Waals surface area contributed by atoms with Gasteiger partial charge < -0.3 is 15.0 Å². The summed E-state index contributed by atoms with van der Waals surface area (Å²) in [6.45, 7) is 4.88. The molecule has 0 radical (unpaired) electrons. The van der Waals surface area contributed by atoms with Gasteiger partial charge in [-0.25, -0.2) is 4.79 Å². The predicted octanol–water partition coefficient (Wildman–Crippen LogP) is -0.0816. The van der Waals surface area contributed by atoms with Crippen LogP contribution in [-0.2, 0) is 16.1 Å². The maximum absolute atomic E-state index is 12.4. The van der Waals surface area contributed by atoms with Crippen LogP contribution in [0.4, 0.5) is 0 Å². The number of ether oxygens (including phenoxy) is 1. The summed E-state index contributed by atoms with van der Waals surface area (Å²) in [5, 5.41) is 3.35. The highest BCUT2D eigenvalue weighted by molar-refractivity contribution is 5.77. The second-order valence-electron chi connectivity index (χ2n) is 6.34. The molecule has 0 aliphatic carbocycles. The van der Waals surface area contributed by atoms with Gasteiger partial charge in [0.05, 0.1) is 24.1 Å². The molecule has 0 unspecified atom stereocenters. The van der Waals surface area contributed by atoms with Gasteiger partial charge in [0.1, 0.15) is 0 Å². The average Bonchev–Trinajstić information content (AvgIpc) is 2.65. The number of aromatic amines is 1. The highest BCUT2D eigenvalue weighted by atomic mass is 16.5. The molecule has 3 rings (SSSR count). The monoisotopic (exact) mass is 360 g/mol. The van der Waals surface area contributed by atoms with Crippen molar-refractivity contribution in [1.82, 2.24) is 19.8 Å². The van der Waals surface area contributed by atoms with E-state index in [1.165, 1.54) is 0 Å². The van der Waals surface area contributed by atoms with Gasteiger partial charge in [-0.05, 0) is 18.6 Å². The van der Waals surface area contributed by atoms with Crippen LogP contribution in [0.25, 0.3) is 10.9 Å². The van der Waals surface area contributed by atoms with Gasteiger partial charge in [0.15, 0.2) is 0 Å². The van der Waals surface area contributed by atoms with E-state index in [0.717, 1.165) is 37.4 Å². The van der Waals surface area contributed by atoms with E-state index in [-0.39, 0.29) is 24.4 Å². The van der Waals surface area contributed by atoms with Crippen molar-refractivity contribution in [3.8, 4) is 0 Å².